The van der Waals surface area contributed by atoms with Crippen molar-refractivity contribution in [3.8, 4) is 33.5 Å². The number of thioether (sulfide) groups is 1. The number of fused-ring (bicyclic) bond motifs is 6. The number of hydrogen-bond donors (Lipinski definition) is 2. The molecule has 4 heterocycles. The summed E-state index contributed by atoms with van der Waals surface area (Å²) in [5.41, 5.74) is 15.8. The number of amidine groups is 2. The monoisotopic (exact) mass is 813 g/mol. The molecule has 0 saturated carbocycles. The van der Waals surface area contributed by atoms with Crippen molar-refractivity contribution >= 4 is 50.8 Å². The van der Waals surface area contributed by atoms with E-state index in [2.05, 4.69) is 174 Å². The molecule has 2 atom stereocenters. The molecular weight excluding hydrogens is 775 g/mol. The van der Waals surface area contributed by atoms with Crippen LogP contribution in [0.25, 0.3) is 60.9 Å². The van der Waals surface area contributed by atoms with Crippen LogP contribution in [0.2, 0.25) is 0 Å². The number of allylic oxidation sites excluding steroid dienone is 3. The first kappa shape index (κ1) is 36.3. The molecule has 6 heteroatoms. The molecule has 5 nitrogen and oxygen atoms in total. The Morgan fingerprint density at radius 2 is 1.19 bits per heavy atom. The molecule has 9 aromatic rings. The van der Waals surface area contributed by atoms with Crippen molar-refractivity contribution in [2.75, 3.05) is 0 Å². The van der Waals surface area contributed by atoms with Crippen molar-refractivity contribution in [3.05, 3.63) is 234 Å². The maximum atomic E-state index is 5.15. The SMILES string of the molecule is C1=CC2Sc3ccccc3C2C(c2cc(-c3ccc(C4N=C(c5ccccc5)NC(c5ccccc5)=N4)cc3)cc(-c3cc(-c4ccccc4)c4ccc5ccnc5c4[nH]3)c2)=C1. The predicted octanol–water partition coefficient (Wildman–Crippen LogP) is 13.4. The fourth-order valence-electron chi connectivity index (χ4n) is 9.26. The van der Waals surface area contributed by atoms with Crippen molar-refractivity contribution in [2.24, 2.45) is 9.98 Å². The zero-order chi connectivity index (χ0) is 41.0. The number of rotatable bonds is 7. The van der Waals surface area contributed by atoms with Gasteiger partial charge in [-0.1, -0.05) is 164 Å². The zero-order valence-corrected chi connectivity index (χ0v) is 34.4. The van der Waals surface area contributed by atoms with Gasteiger partial charge in [-0.2, -0.15) is 0 Å². The van der Waals surface area contributed by atoms with Crippen molar-refractivity contribution in [2.45, 2.75) is 22.2 Å². The van der Waals surface area contributed by atoms with Crippen LogP contribution in [-0.4, -0.2) is 26.9 Å². The maximum Gasteiger partial charge on any atom is 0.169 e. The smallest absolute Gasteiger partial charge is 0.169 e. The number of hydrogen-bond acceptors (Lipinski definition) is 5. The van der Waals surface area contributed by atoms with Crippen LogP contribution < -0.4 is 5.32 Å². The Bertz CT molecular complexity index is 3240. The third kappa shape index (κ3) is 6.48. The number of nitrogens with one attached hydrogen (secondary N) is 2. The number of aliphatic imine (C=N–C) groups is 2. The van der Waals surface area contributed by atoms with Crippen molar-refractivity contribution in [3.63, 3.8) is 0 Å². The van der Waals surface area contributed by atoms with Crippen LogP contribution in [0.1, 0.15) is 39.9 Å². The van der Waals surface area contributed by atoms with E-state index in [-0.39, 0.29) is 5.92 Å². The summed E-state index contributed by atoms with van der Waals surface area (Å²) in [5, 5.41) is 6.14. The molecule has 0 spiro atoms. The van der Waals surface area contributed by atoms with E-state index in [1.54, 1.807) is 0 Å². The third-order valence-electron chi connectivity index (χ3n) is 12.3. The lowest BCUT2D eigenvalue weighted by atomic mass is 9.80. The van der Waals surface area contributed by atoms with Crippen LogP contribution in [0.4, 0.5) is 0 Å². The molecule has 0 saturated heterocycles. The molecule has 0 amide bonds. The van der Waals surface area contributed by atoms with Gasteiger partial charge < -0.3 is 10.3 Å². The molecule has 0 radical (unpaired) electrons. The Kier molecular flexibility index (Phi) is 8.89. The average Bonchev–Trinajstić information content (AvgIpc) is 4.00. The van der Waals surface area contributed by atoms with Crippen molar-refractivity contribution < 1.29 is 0 Å². The number of aromatic nitrogens is 2. The standard InChI is InChI=1S/C56H39N5S/c1-4-13-36(14-5-1)47-34-48(58-53-45(47)28-27-37-29-30-57-52(37)53)43-32-41(31-42(33-43)44-20-12-22-50-51(44)46-19-10-11-21-49(46)62-50)35-23-25-40(26-24-35)56-60-54(38-15-6-2-7-16-38)59-55(61-56)39-17-8-3-9-18-39/h1-34,50-51,56,58H,(H,59,60,61). The minimum Gasteiger partial charge on any atom is -0.353 e. The Hall–Kier alpha value is -7.54. The van der Waals surface area contributed by atoms with Crippen LogP contribution in [0.3, 0.4) is 0 Å². The van der Waals surface area contributed by atoms with Gasteiger partial charge in [0.25, 0.3) is 0 Å². The normalized spacial score (nSPS) is 16.9. The second-order valence-electron chi connectivity index (χ2n) is 16.0. The minimum absolute atomic E-state index is 0.258. The molecule has 2 aliphatic heterocycles. The number of nitrogens with zero attached hydrogens (tertiary/aromatic N) is 3. The van der Waals surface area contributed by atoms with Crippen molar-refractivity contribution in [1.29, 1.82) is 0 Å². The fraction of sp³-hybridized carbons (Fsp3) is 0.0536. The van der Waals surface area contributed by atoms with Gasteiger partial charge in [0.15, 0.2) is 6.17 Å². The summed E-state index contributed by atoms with van der Waals surface area (Å²) >= 11 is 1.97. The molecule has 2 N–H and O–H groups in total. The Labute approximate surface area is 364 Å². The molecule has 2 aromatic heterocycles. The van der Waals surface area contributed by atoms with E-state index in [9.17, 15) is 0 Å². The van der Waals surface area contributed by atoms with Gasteiger partial charge in [-0.3, -0.25) is 4.98 Å². The third-order valence-corrected chi connectivity index (χ3v) is 13.6. The van der Waals surface area contributed by atoms with Crippen LogP contribution in [0, 0.1) is 0 Å². The van der Waals surface area contributed by atoms with E-state index >= 15 is 0 Å². The second-order valence-corrected chi connectivity index (χ2v) is 17.3. The topological polar surface area (TPSA) is 65.4 Å². The fourth-order valence-corrected chi connectivity index (χ4v) is 10.6. The van der Waals surface area contributed by atoms with E-state index in [1.165, 1.54) is 32.7 Å². The largest absolute Gasteiger partial charge is 0.353 e. The lowest BCUT2D eigenvalue weighted by Crippen LogP contribution is -2.35. The highest BCUT2D eigenvalue weighted by Gasteiger charge is 2.36. The average molecular weight is 814 g/mol. The van der Waals surface area contributed by atoms with Gasteiger partial charge in [0.2, 0.25) is 0 Å². The lowest BCUT2D eigenvalue weighted by molar-refractivity contribution is 0.756. The van der Waals surface area contributed by atoms with Gasteiger partial charge in [-0.25, -0.2) is 9.98 Å². The molecule has 1 aliphatic carbocycles. The number of benzene rings is 7. The molecular formula is C56H39N5S. The minimum atomic E-state index is -0.404. The Morgan fingerprint density at radius 3 is 1.94 bits per heavy atom. The molecule has 12 rings (SSSR count). The van der Waals surface area contributed by atoms with E-state index in [1.807, 2.05) is 54.4 Å². The summed E-state index contributed by atoms with van der Waals surface area (Å²) in [6.45, 7) is 0. The predicted molar refractivity (Wildman–Crippen MR) is 258 cm³/mol. The van der Waals surface area contributed by atoms with Crippen LogP contribution in [0.5, 0.6) is 0 Å². The summed E-state index contributed by atoms with van der Waals surface area (Å²) in [6.07, 6.45) is 8.43. The summed E-state index contributed by atoms with van der Waals surface area (Å²) in [5.74, 6) is 1.87. The van der Waals surface area contributed by atoms with E-state index < -0.39 is 6.17 Å². The quantitative estimate of drug-likeness (QED) is 0.168. The Balaban J connectivity index is 1.01. The summed E-state index contributed by atoms with van der Waals surface area (Å²) in [6, 6.07) is 64.9. The number of aromatic amines is 1. The van der Waals surface area contributed by atoms with E-state index in [4.69, 9.17) is 15.0 Å². The van der Waals surface area contributed by atoms with Crippen LogP contribution in [0.15, 0.2) is 221 Å². The van der Waals surface area contributed by atoms with E-state index in [0.717, 1.165) is 72.6 Å². The van der Waals surface area contributed by atoms with Gasteiger partial charge in [0, 0.05) is 49.9 Å². The number of pyridine rings is 1. The molecule has 7 aromatic carbocycles. The highest BCUT2D eigenvalue weighted by atomic mass is 32.2. The highest BCUT2D eigenvalue weighted by Crippen LogP contribution is 2.53. The first-order chi connectivity index (χ1) is 30.7. The van der Waals surface area contributed by atoms with E-state index in [0.29, 0.717) is 5.25 Å². The molecule has 0 fully saturated rings. The molecule has 2 unspecified atom stereocenters. The van der Waals surface area contributed by atoms with Crippen LogP contribution in [-0.2, 0) is 0 Å². The van der Waals surface area contributed by atoms with Gasteiger partial charge in [0.05, 0.1) is 11.0 Å². The lowest BCUT2D eigenvalue weighted by Gasteiger charge is -2.25. The first-order valence-electron chi connectivity index (χ1n) is 21.1. The summed E-state index contributed by atoms with van der Waals surface area (Å²) < 4.78 is 0. The molecule has 62 heavy (non-hydrogen) atoms. The Morgan fingerprint density at radius 1 is 0.532 bits per heavy atom. The van der Waals surface area contributed by atoms with Crippen molar-refractivity contribution in [1.82, 2.24) is 15.3 Å². The van der Waals surface area contributed by atoms with Gasteiger partial charge in [-0.15, -0.1) is 11.8 Å². The highest BCUT2D eigenvalue weighted by molar-refractivity contribution is 8.00. The summed E-state index contributed by atoms with van der Waals surface area (Å²) in [4.78, 5) is 20.4. The summed E-state index contributed by atoms with van der Waals surface area (Å²) in [7, 11) is 0. The molecule has 0 bridgehead atoms. The maximum absolute atomic E-state index is 5.15. The number of H-pyrrole nitrogens is 1. The first-order valence-corrected chi connectivity index (χ1v) is 22.0. The molecule has 3 aliphatic rings. The van der Waals surface area contributed by atoms with Gasteiger partial charge >= 0.3 is 0 Å². The van der Waals surface area contributed by atoms with Crippen LogP contribution >= 0.6 is 11.8 Å². The van der Waals surface area contributed by atoms with Gasteiger partial charge in [0.1, 0.15) is 11.7 Å². The second kappa shape index (κ2) is 15.2. The van der Waals surface area contributed by atoms with Gasteiger partial charge in [-0.05, 0) is 86.5 Å². The molecule has 294 valence electrons. The zero-order valence-electron chi connectivity index (χ0n) is 33.6.